The fourth-order valence-electron chi connectivity index (χ4n) is 4.13. The molecular weight excluding hydrogens is 386 g/mol. The molecule has 2 aromatic rings. The zero-order valence-electron chi connectivity index (χ0n) is 16.4. The largest absolute Gasteiger partial charge is 0.482 e. The molecule has 7 heteroatoms. The van der Waals surface area contributed by atoms with Gasteiger partial charge in [-0.1, -0.05) is 42.5 Å². The van der Waals surface area contributed by atoms with Gasteiger partial charge in [0.25, 0.3) is 0 Å². The number of rotatable bonds is 5. The molecule has 7 nitrogen and oxygen atoms in total. The quantitative estimate of drug-likeness (QED) is 0.767. The molecule has 0 radical (unpaired) electrons. The molecule has 0 aromatic heterocycles. The second-order valence-corrected chi connectivity index (χ2v) is 7.09. The van der Waals surface area contributed by atoms with Gasteiger partial charge in [-0.15, -0.1) is 0 Å². The van der Waals surface area contributed by atoms with E-state index in [9.17, 15) is 14.4 Å². The molecule has 0 spiro atoms. The van der Waals surface area contributed by atoms with Crippen LogP contribution in [0, 0.1) is 5.92 Å². The number of benzene rings is 2. The fraction of sp³-hybridized carbons (Fsp3) is 0.217. The summed E-state index contributed by atoms with van der Waals surface area (Å²) in [5.41, 5.74) is 3.22. The van der Waals surface area contributed by atoms with Crippen LogP contribution in [0.3, 0.4) is 0 Å². The lowest BCUT2D eigenvalue weighted by Gasteiger charge is -2.31. The van der Waals surface area contributed by atoms with E-state index < -0.39 is 30.4 Å². The van der Waals surface area contributed by atoms with Crippen molar-refractivity contribution in [1.82, 2.24) is 0 Å². The van der Waals surface area contributed by atoms with Crippen LogP contribution in [-0.4, -0.2) is 42.3 Å². The summed E-state index contributed by atoms with van der Waals surface area (Å²) in [4.78, 5) is 41.7. The van der Waals surface area contributed by atoms with Gasteiger partial charge in [0, 0.05) is 33.9 Å². The van der Waals surface area contributed by atoms with Crippen molar-refractivity contribution in [2.75, 3.05) is 13.7 Å². The van der Waals surface area contributed by atoms with E-state index in [1.54, 1.807) is 43.3 Å². The van der Waals surface area contributed by atoms with Crippen molar-refractivity contribution in [2.24, 2.45) is 10.9 Å². The van der Waals surface area contributed by atoms with Gasteiger partial charge in [-0.3, -0.25) is 14.6 Å². The number of ether oxygens (including phenoxy) is 2. The summed E-state index contributed by atoms with van der Waals surface area (Å²) in [6.07, 6.45) is 0. The monoisotopic (exact) mass is 405 g/mol. The minimum atomic E-state index is -1.13. The number of methoxy groups -OCH3 is 1. The van der Waals surface area contributed by atoms with Gasteiger partial charge >= 0.3 is 11.9 Å². The minimum absolute atomic E-state index is 0.205. The molecule has 2 aliphatic rings. The number of para-hydroxylation sites is 1. The first-order chi connectivity index (χ1) is 14.4. The third-order valence-corrected chi connectivity index (χ3v) is 5.37. The SMILES string of the molecule is COC(=O)C1C(C)=NC2=C(C(=O)c3ccccc32)[C@@H]1c1ccccc1OCC(=O)O. The van der Waals surface area contributed by atoms with Crippen molar-refractivity contribution >= 4 is 29.1 Å². The summed E-state index contributed by atoms with van der Waals surface area (Å²) in [7, 11) is 1.29. The number of carbonyl (C=O) groups excluding carboxylic acids is 2. The molecule has 1 aliphatic heterocycles. The summed E-state index contributed by atoms with van der Waals surface area (Å²) < 4.78 is 10.5. The van der Waals surface area contributed by atoms with E-state index in [1.807, 2.05) is 12.1 Å². The Balaban J connectivity index is 1.92. The van der Waals surface area contributed by atoms with Crippen LogP contribution in [0.5, 0.6) is 5.75 Å². The summed E-state index contributed by atoms with van der Waals surface area (Å²) in [6, 6.07) is 14.0. The van der Waals surface area contributed by atoms with Gasteiger partial charge in [-0.25, -0.2) is 4.79 Å². The number of esters is 1. The first-order valence-corrected chi connectivity index (χ1v) is 9.38. The van der Waals surface area contributed by atoms with Gasteiger partial charge in [0.2, 0.25) is 0 Å². The molecule has 0 amide bonds. The first-order valence-electron chi connectivity index (χ1n) is 9.38. The molecule has 1 aliphatic carbocycles. The molecule has 0 saturated heterocycles. The zero-order valence-corrected chi connectivity index (χ0v) is 16.4. The topological polar surface area (TPSA) is 102 Å². The molecule has 0 fully saturated rings. The highest BCUT2D eigenvalue weighted by Crippen LogP contribution is 2.49. The molecule has 152 valence electrons. The van der Waals surface area contributed by atoms with Crippen molar-refractivity contribution in [3.8, 4) is 5.75 Å². The van der Waals surface area contributed by atoms with Crippen LogP contribution in [0.4, 0.5) is 0 Å². The van der Waals surface area contributed by atoms with Crippen molar-refractivity contribution < 1.29 is 29.0 Å². The van der Waals surface area contributed by atoms with E-state index in [4.69, 9.17) is 14.6 Å². The number of carbonyl (C=O) groups is 3. The number of carboxylic acids is 1. The lowest BCUT2D eigenvalue weighted by Crippen LogP contribution is -2.34. The summed E-state index contributed by atoms with van der Waals surface area (Å²) in [5.74, 6) is -3.10. The zero-order chi connectivity index (χ0) is 21.4. The van der Waals surface area contributed by atoms with Crippen LogP contribution >= 0.6 is 0 Å². The molecule has 0 saturated carbocycles. The Morgan fingerprint density at radius 2 is 1.73 bits per heavy atom. The van der Waals surface area contributed by atoms with Gasteiger partial charge in [0.1, 0.15) is 11.7 Å². The van der Waals surface area contributed by atoms with Crippen molar-refractivity contribution in [3.63, 3.8) is 0 Å². The molecule has 2 atom stereocenters. The van der Waals surface area contributed by atoms with E-state index in [-0.39, 0.29) is 5.78 Å². The molecular formula is C23H19NO6. The number of ketones is 1. The number of Topliss-reactive ketones (excluding diaryl/α,β-unsaturated/α-hetero) is 1. The van der Waals surface area contributed by atoms with Crippen molar-refractivity contribution in [1.29, 1.82) is 0 Å². The normalized spacial score (nSPS) is 19.7. The van der Waals surface area contributed by atoms with Crippen LogP contribution in [0.2, 0.25) is 0 Å². The number of nitrogens with zero attached hydrogens (tertiary/aromatic N) is 1. The standard InChI is InChI=1S/C23H19NO6/c1-12-18(23(28)29-2)19(15-9-5-6-10-16(15)30-11-17(25)26)20-21(24-12)13-7-3-4-8-14(13)22(20)27/h3-10,18-19H,11H2,1-2H3,(H,25,26)/t18?,19-/m1/s1. The highest BCUT2D eigenvalue weighted by Gasteiger charge is 2.46. The Hall–Kier alpha value is -3.74. The average molecular weight is 405 g/mol. The number of allylic oxidation sites excluding steroid dienone is 1. The maximum Gasteiger partial charge on any atom is 0.341 e. The maximum atomic E-state index is 13.3. The Labute approximate surface area is 172 Å². The molecule has 0 bridgehead atoms. The molecule has 2 aromatic carbocycles. The van der Waals surface area contributed by atoms with Gasteiger partial charge in [0.15, 0.2) is 12.4 Å². The van der Waals surface area contributed by atoms with E-state index in [0.717, 1.165) is 0 Å². The molecule has 4 rings (SSSR count). The lowest BCUT2D eigenvalue weighted by molar-refractivity contribution is -0.143. The molecule has 30 heavy (non-hydrogen) atoms. The van der Waals surface area contributed by atoms with Crippen LogP contribution < -0.4 is 4.74 Å². The van der Waals surface area contributed by atoms with Crippen LogP contribution in [0.25, 0.3) is 5.70 Å². The second-order valence-electron chi connectivity index (χ2n) is 7.09. The molecule has 1 heterocycles. The Bertz CT molecular complexity index is 1130. The fourth-order valence-corrected chi connectivity index (χ4v) is 4.13. The summed E-state index contributed by atoms with van der Waals surface area (Å²) in [5, 5.41) is 9.03. The van der Waals surface area contributed by atoms with E-state index in [1.165, 1.54) is 7.11 Å². The Morgan fingerprint density at radius 3 is 2.43 bits per heavy atom. The van der Waals surface area contributed by atoms with Gasteiger partial charge in [-0.2, -0.15) is 0 Å². The Morgan fingerprint density at radius 1 is 1.07 bits per heavy atom. The number of hydrogen-bond acceptors (Lipinski definition) is 6. The number of aliphatic imine (C=N–C) groups is 1. The lowest BCUT2D eigenvalue weighted by atomic mass is 9.75. The van der Waals surface area contributed by atoms with Crippen molar-refractivity contribution in [3.05, 3.63) is 70.8 Å². The van der Waals surface area contributed by atoms with Gasteiger partial charge in [-0.05, 0) is 13.0 Å². The maximum absolute atomic E-state index is 13.3. The number of hydrogen-bond donors (Lipinski definition) is 1. The third-order valence-electron chi connectivity index (χ3n) is 5.37. The van der Waals surface area contributed by atoms with Crippen LogP contribution in [0.15, 0.2) is 59.1 Å². The number of carboxylic acid groups (broad SMARTS) is 1. The third kappa shape index (κ3) is 3.08. The van der Waals surface area contributed by atoms with E-state index in [0.29, 0.717) is 39.4 Å². The smallest absolute Gasteiger partial charge is 0.341 e. The van der Waals surface area contributed by atoms with E-state index >= 15 is 0 Å². The number of fused-ring (bicyclic) bond motifs is 2. The first kappa shape index (κ1) is 19.6. The molecule has 1 N–H and O–H groups in total. The van der Waals surface area contributed by atoms with Gasteiger partial charge < -0.3 is 14.6 Å². The van der Waals surface area contributed by atoms with Crippen molar-refractivity contribution in [2.45, 2.75) is 12.8 Å². The van der Waals surface area contributed by atoms with Crippen LogP contribution in [-0.2, 0) is 14.3 Å². The summed E-state index contributed by atoms with van der Waals surface area (Å²) in [6.45, 7) is 1.18. The predicted octanol–water partition coefficient (Wildman–Crippen LogP) is 3.10. The van der Waals surface area contributed by atoms with Gasteiger partial charge in [0.05, 0.1) is 12.8 Å². The highest BCUT2D eigenvalue weighted by molar-refractivity contribution is 6.24. The second kappa shape index (κ2) is 7.59. The highest BCUT2D eigenvalue weighted by atomic mass is 16.5. The predicted molar refractivity (Wildman–Crippen MR) is 109 cm³/mol. The summed E-state index contributed by atoms with van der Waals surface area (Å²) >= 11 is 0. The minimum Gasteiger partial charge on any atom is -0.482 e. The van der Waals surface area contributed by atoms with E-state index in [2.05, 4.69) is 4.99 Å². The molecule has 1 unspecified atom stereocenters. The Kier molecular flexibility index (Phi) is 4.95. The van der Waals surface area contributed by atoms with Crippen LogP contribution in [0.1, 0.15) is 34.3 Å². The number of aliphatic carboxylic acids is 1. The average Bonchev–Trinajstić information content (AvgIpc) is 3.03.